The zero-order chi connectivity index (χ0) is 24.9. The molecule has 4 saturated heterocycles. The van der Waals surface area contributed by atoms with Gasteiger partial charge in [0, 0.05) is 51.1 Å². The molecule has 0 amide bonds. The van der Waals surface area contributed by atoms with Gasteiger partial charge in [-0.15, -0.1) is 13.2 Å². The first-order chi connectivity index (χ1) is 17.5. The summed E-state index contributed by atoms with van der Waals surface area (Å²) >= 11 is 0. The molecule has 0 spiro atoms. The van der Waals surface area contributed by atoms with Crippen LogP contribution in [0.3, 0.4) is 0 Å². The lowest BCUT2D eigenvalue weighted by Crippen LogP contribution is -2.85. The van der Waals surface area contributed by atoms with Crippen molar-refractivity contribution < 1.29 is 9.59 Å². The van der Waals surface area contributed by atoms with Gasteiger partial charge in [-0.05, 0) is 35.8 Å². The summed E-state index contributed by atoms with van der Waals surface area (Å²) < 4.78 is 0. The van der Waals surface area contributed by atoms with Crippen LogP contribution in [0.2, 0.25) is 0 Å². The average molecular weight is 481 g/mol. The number of rotatable bonds is 10. The Labute approximate surface area is 214 Å². The molecule has 9 rings (SSSR count). The summed E-state index contributed by atoms with van der Waals surface area (Å²) in [6, 6.07) is 20.5. The molecule has 7 fully saturated rings. The van der Waals surface area contributed by atoms with Gasteiger partial charge in [-0.25, -0.2) is 0 Å². The number of fused-ring (bicyclic) bond motifs is 2. The van der Waals surface area contributed by atoms with Crippen LogP contribution in [-0.2, 0) is 22.4 Å². The van der Waals surface area contributed by atoms with Crippen molar-refractivity contribution in [1.82, 2.24) is 9.80 Å². The maximum absolute atomic E-state index is 14.3. The lowest BCUT2D eigenvalue weighted by molar-refractivity contribution is -0.272. The Bertz CT molecular complexity index is 1080. The van der Waals surface area contributed by atoms with Crippen molar-refractivity contribution in [3.05, 3.63) is 97.1 Å². The van der Waals surface area contributed by atoms with Gasteiger partial charge in [-0.1, -0.05) is 72.8 Å². The molecule has 4 aliphatic heterocycles. The van der Waals surface area contributed by atoms with Crippen molar-refractivity contribution >= 4 is 11.6 Å². The summed E-state index contributed by atoms with van der Waals surface area (Å²) in [6.07, 6.45) is 6.44. The third-order valence-corrected chi connectivity index (χ3v) is 9.98. The average Bonchev–Trinajstić information content (AvgIpc) is 2.90. The fraction of sp³-hybridized carbons (Fsp3) is 0.438. The molecule has 6 atom stereocenters. The number of Topliss-reactive ketones (excluding diaryl/α,β-unsaturated/α-hetero) is 2. The monoisotopic (exact) mass is 480 g/mol. The molecule has 0 radical (unpaired) electrons. The number of carbonyl (C=O) groups is 2. The molecule has 0 aromatic heterocycles. The van der Waals surface area contributed by atoms with E-state index in [0.29, 0.717) is 24.4 Å². The third-order valence-electron chi connectivity index (χ3n) is 9.98. The second-order valence-corrected chi connectivity index (χ2v) is 11.4. The standard InChI is InChI=1S/C32H36N2O2/c1-3-15-33-21-25-26-22-34(16-4-2)28-20-31(26,29(35)17-23-11-7-5-8-12-23)27(33)19-32(25,28)30(36)18-24-13-9-6-10-14-24/h3-14,25-28H,1-2,15-22H2. The Morgan fingerprint density at radius 3 is 1.47 bits per heavy atom. The van der Waals surface area contributed by atoms with Gasteiger partial charge in [0.15, 0.2) is 0 Å². The van der Waals surface area contributed by atoms with Crippen molar-refractivity contribution in [3.63, 3.8) is 0 Å². The number of benzene rings is 2. The largest absolute Gasteiger partial charge is 0.299 e. The number of piperidine rings is 4. The molecular formula is C32H36N2O2. The van der Waals surface area contributed by atoms with Crippen molar-refractivity contribution in [2.45, 2.75) is 37.8 Å². The van der Waals surface area contributed by atoms with Crippen molar-refractivity contribution in [1.29, 1.82) is 0 Å². The molecule has 3 aliphatic carbocycles. The van der Waals surface area contributed by atoms with Crippen molar-refractivity contribution in [3.8, 4) is 0 Å². The van der Waals surface area contributed by atoms with Gasteiger partial charge in [0.05, 0.1) is 10.8 Å². The lowest BCUT2D eigenvalue weighted by Gasteiger charge is -2.77. The topological polar surface area (TPSA) is 40.6 Å². The predicted molar refractivity (Wildman–Crippen MR) is 143 cm³/mol. The number of hydrogen-bond acceptors (Lipinski definition) is 4. The van der Waals surface area contributed by atoms with Gasteiger partial charge in [-0.2, -0.15) is 0 Å². The minimum absolute atomic E-state index is 0.101. The first-order valence-corrected chi connectivity index (χ1v) is 13.4. The van der Waals surface area contributed by atoms with E-state index in [1.807, 2.05) is 48.6 Å². The first kappa shape index (κ1) is 23.6. The van der Waals surface area contributed by atoms with Gasteiger partial charge >= 0.3 is 0 Å². The molecule has 2 aromatic carbocycles. The fourth-order valence-corrected chi connectivity index (χ4v) is 8.68. The summed E-state index contributed by atoms with van der Waals surface area (Å²) in [5.41, 5.74) is 1.39. The Balaban J connectivity index is 1.42. The first-order valence-electron chi connectivity index (χ1n) is 13.4. The lowest BCUT2D eigenvalue weighted by atomic mass is 9.34. The second kappa shape index (κ2) is 8.93. The van der Waals surface area contributed by atoms with Crippen LogP contribution in [0, 0.1) is 22.7 Å². The molecule has 0 N–H and O–H groups in total. The normalized spacial score (nSPS) is 34.6. The van der Waals surface area contributed by atoms with Gasteiger partial charge < -0.3 is 0 Å². The second-order valence-electron chi connectivity index (χ2n) is 11.4. The van der Waals surface area contributed by atoms with Gasteiger partial charge in [0.2, 0.25) is 0 Å². The van der Waals surface area contributed by atoms with Gasteiger partial charge in [0.1, 0.15) is 11.6 Å². The maximum atomic E-state index is 14.3. The molecule has 3 saturated carbocycles. The predicted octanol–water partition coefficient (Wildman–Crippen LogP) is 4.36. The molecule has 36 heavy (non-hydrogen) atoms. The van der Waals surface area contributed by atoms with Gasteiger partial charge in [0.25, 0.3) is 0 Å². The van der Waals surface area contributed by atoms with Crippen LogP contribution in [0.25, 0.3) is 0 Å². The van der Waals surface area contributed by atoms with E-state index in [0.717, 1.165) is 50.1 Å². The van der Waals surface area contributed by atoms with Crippen LogP contribution in [0.5, 0.6) is 0 Å². The maximum Gasteiger partial charge on any atom is 0.145 e. The van der Waals surface area contributed by atoms with E-state index in [2.05, 4.69) is 47.2 Å². The minimum atomic E-state index is -0.390. The van der Waals surface area contributed by atoms with E-state index >= 15 is 0 Å². The molecule has 7 aliphatic rings. The highest BCUT2D eigenvalue weighted by atomic mass is 16.1. The third kappa shape index (κ3) is 3.27. The fourth-order valence-electron chi connectivity index (χ4n) is 8.68. The van der Waals surface area contributed by atoms with Crippen LogP contribution in [0.4, 0.5) is 0 Å². The Morgan fingerprint density at radius 2 is 1.11 bits per heavy atom. The van der Waals surface area contributed by atoms with E-state index in [-0.39, 0.29) is 34.7 Å². The number of hydrogen-bond donors (Lipinski definition) is 0. The Morgan fingerprint density at radius 1 is 0.722 bits per heavy atom. The highest BCUT2D eigenvalue weighted by molar-refractivity contribution is 5.94. The highest BCUT2D eigenvalue weighted by Gasteiger charge is 2.78. The molecule has 2 aromatic rings. The van der Waals surface area contributed by atoms with Crippen LogP contribution in [0.15, 0.2) is 86.0 Å². The zero-order valence-electron chi connectivity index (χ0n) is 21.0. The number of carbonyl (C=O) groups excluding carboxylic acids is 2. The molecule has 4 heterocycles. The van der Waals surface area contributed by atoms with E-state index in [4.69, 9.17) is 0 Å². The summed E-state index contributed by atoms with van der Waals surface area (Å²) in [4.78, 5) is 33.6. The summed E-state index contributed by atoms with van der Waals surface area (Å²) in [7, 11) is 0. The van der Waals surface area contributed by atoms with Crippen molar-refractivity contribution in [2.24, 2.45) is 22.7 Å². The van der Waals surface area contributed by atoms with E-state index < -0.39 is 0 Å². The minimum Gasteiger partial charge on any atom is -0.299 e. The van der Waals surface area contributed by atoms with E-state index in [1.54, 1.807) is 0 Å². The molecule has 4 heteroatoms. The molecular weight excluding hydrogens is 444 g/mol. The highest BCUT2D eigenvalue weighted by Crippen LogP contribution is 2.71. The van der Waals surface area contributed by atoms with Crippen LogP contribution < -0.4 is 0 Å². The number of nitrogens with zero attached hydrogens (tertiary/aromatic N) is 2. The summed E-state index contributed by atoms with van der Waals surface area (Å²) in [5, 5.41) is 0. The van der Waals surface area contributed by atoms with Crippen LogP contribution >= 0.6 is 0 Å². The summed E-state index contributed by atoms with van der Waals surface area (Å²) in [6.45, 7) is 11.4. The molecule has 186 valence electrons. The zero-order valence-corrected chi connectivity index (χ0v) is 21.0. The van der Waals surface area contributed by atoms with Crippen molar-refractivity contribution in [2.75, 3.05) is 26.2 Å². The van der Waals surface area contributed by atoms with E-state index in [1.165, 1.54) is 0 Å². The molecule has 6 unspecified atom stereocenters. The molecule has 4 nitrogen and oxygen atoms in total. The van der Waals surface area contributed by atoms with E-state index in [9.17, 15) is 9.59 Å². The quantitative estimate of drug-likeness (QED) is 0.474. The van der Waals surface area contributed by atoms with Crippen LogP contribution in [-0.4, -0.2) is 59.6 Å². The Kier molecular flexibility index (Phi) is 5.85. The smallest absolute Gasteiger partial charge is 0.145 e. The summed E-state index contributed by atoms with van der Waals surface area (Å²) in [5.74, 6) is 1.15. The van der Waals surface area contributed by atoms with Crippen LogP contribution in [0.1, 0.15) is 24.0 Å². The molecule has 6 bridgehead atoms. The SMILES string of the molecule is C=CCN1CC2C3CN(CC=C)C4CC3(C(=O)Cc3ccccc3)C1CC24C(=O)Cc1ccccc1. The number of ketones is 2. The Hall–Kier alpha value is -2.82. The van der Waals surface area contributed by atoms with Gasteiger partial charge in [-0.3, -0.25) is 19.4 Å².